The molecule has 4 nitrogen and oxygen atoms in total. The number of ether oxygens (including phenoxy) is 1. The highest BCUT2D eigenvalue weighted by Crippen LogP contribution is 2.24. The number of rotatable bonds is 1. The Morgan fingerprint density at radius 1 is 1.25 bits per heavy atom. The topological polar surface area (TPSA) is 49.8 Å². The first-order chi connectivity index (χ1) is 9.35. The number of hydrogen-bond acceptors (Lipinski definition) is 3. The minimum Gasteiger partial charge on any atom is -0.508 e. The number of benzene rings is 1. The fourth-order valence-corrected chi connectivity index (χ4v) is 2.10. The lowest BCUT2D eigenvalue weighted by Crippen LogP contribution is -2.39. The van der Waals surface area contributed by atoms with Crippen LogP contribution in [0.4, 0.5) is 4.79 Å². The maximum atomic E-state index is 11.9. The molecule has 4 heteroatoms. The number of carbonyl (C=O) groups is 1. The summed E-state index contributed by atoms with van der Waals surface area (Å²) in [7, 11) is 0. The molecule has 0 aromatic heterocycles. The largest absolute Gasteiger partial charge is 0.508 e. The van der Waals surface area contributed by atoms with E-state index < -0.39 is 5.60 Å². The van der Waals surface area contributed by atoms with E-state index in [0.717, 1.165) is 12.0 Å². The molecule has 1 heterocycles. The Balaban J connectivity index is 2.00. The highest BCUT2D eigenvalue weighted by Gasteiger charge is 2.23. The highest BCUT2D eigenvalue weighted by molar-refractivity contribution is 5.72. The Bertz CT molecular complexity index is 512. The number of hydrogen-bond donors (Lipinski definition) is 1. The fourth-order valence-electron chi connectivity index (χ4n) is 2.10. The molecular weight excluding hydrogens is 254 g/mol. The van der Waals surface area contributed by atoms with Crippen LogP contribution in [0.15, 0.2) is 30.3 Å². The van der Waals surface area contributed by atoms with E-state index in [2.05, 4.69) is 0 Å². The molecule has 1 aromatic carbocycles. The first-order valence-corrected chi connectivity index (χ1v) is 6.81. The van der Waals surface area contributed by atoms with Crippen molar-refractivity contribution in [3.8, 4) is 5.75 Å². The minimum absolute atomic E-state index is 0.264. The zero-order valence-electron chi connectivity index (χ0n) is 12.2. The van der Waals surface area contributed by atoms with Gasteiger partial charge in [0.2, 0.25) is 0 Å². The zero-order chi connectivity index (χ0) is 14.8. The van der Waals surface area contributed by atoms with Crippen LogP contribution in [0.3, 0.4) is 0 Å². The van der Waals surface area contributed by atoms with Crippen molar-refractivity contribution < 1.29 is 14.6 Å². The Morgan fingerprint density at radius 3 is 2.40 bits per heavy atom. The average Bonchev–Trinajstić information content (AvgIpc) is 2.38. The van der Waals surface area contributed by atoms with Crippen LogP contribution in [0.2, 0.25) is 0 Å². The monoisotopic (exact) mass is 275 g/mol. The molecule has 1 aromatic rings. The third-order valence-corrected chi connectivity index (χ3v) is 3.10. The van der Waals surface area contributed by atoms with E-state index >= 15 is 0 Å². The molecule has 20 heavy (non-hydrogen) atoms. The van der Waals surface area contributed by atoms with Crippen LogP contribution in [0, 0.1) is 0 Å². The number of nitrogens with zero attached hydrogens (tertiary/aromatic N) is 1. The molecule has 1 aliphatic heterocycles. The first-order valence-electron chi connectivity index (χ1n) is 6.81. The second-order valence-corrected chi connectivity index (χ2v) is 5.95. The Hall–Kier alpha value is -1.97. The molecule has 0 radical (unpaired) electrons. The van der Waals surface area contributed by atoms with Gasteiger partial charge in [0.1, 0.15) is 11.4 Å². The van der Waals surface area contributed by atoms with Crippen LogP contribution < -0.4 is 0 Å². The van der Waals surface area contributed by atoms with E-state index in [4.69, 9.17) is 4.74 Å². The summed E-state index contributed by atoms with van der Waals surface area (Å²) in [4.78, 5) is 13.6. The third kappa shape index (κ3) is 3.76. The molecule has 0 saturated carbocycles. The molecule has 0 atom stereocenters. The summed E-state index contributed by atoms with van der Waals surface area (Å²) in [5.41, 5.74) is 1.83. The van der Waals surface area contributed by atoms with Crippen LogP contribution >= 0.6 is 0 Å². The van der Waals surface area contributed by atoms with E-state index in [1.165, 1.54) is 5.57 Å². The second-order valence-electron chi connectivity index (χ2n) is 5.95. The summed E-state index contributed by atoms with van der Waals surface area (Å²) in [6.07, 6.45) is 2.57. The van der Waals surface area contributed by atoms with Crippen molar-refractivity contribution in [1.29, 1.82) is 0 Å². The molecule has 0 fully saturated rings. The number of aromatic hydroxyl groups is 1. The Morgan fingerprint density at radius 2 is 1.90 bits per heavy atom. The van der Waals surface area contributed by atoms with E-state index in [9.17, 15) is 9.90 Å². The van der Waals surface area contributed by atoms with Crippen LogP contribution in [-0.2, 0) is 4.74 Å². The van der Waals surface area contributed by atoms with E-state index in [1.54, 1.807) is 17.0 Å². The predicted octanol–water partition coefficient (Wildman–Crippen LogP) is 3.42. The predicted molar refractivity (Wildman–Crippen MR) is 78.5 cm³/mol. The molecule has 0 saturated heterocycles. The van der Waals surface area contributed by atoms with Crippen LogP contribution in [0.1, 0.15) is 32.8 Å². The summed E-state index contributed by atoms with van der Waals surface area (Å²) in [6.45, 7) is 6.82. The molecule has 0 spiro atoms. The van der Waals surface area contributed by atoms with Gasteiger partial charge in [0.25, 0.3) is 0 Å². The van der Waals surface area contributed by atoms with Crippen LogP contribution in [-0.4, -0.2) is 34.8 Å². The number of phenolic OH excluding ortho intramolecular Hbond substituents is 1. The Kier molecular flexibility index (Phi) is 4.02. The van der Waals surface area contributed by atoms with Crippen molar-refractivity contribution in [2.45, 2.75) is 32.8 Å². The lowest BCUT2D eigenvalue weighted by Gasteiger charge is -2.29. The van der Waals surface area contributed by atoms with Gasteiger partial charge in [0, 0.05) is 13.1 Å². The molecule has 108 valence electrons. The quantitative estimate of drug-likeness (QED) is 0.854. The van der Waals surface area contributed by atoms with Crippen LogP contribution in [0.25, 0.3) is 5.57 Å². The first kappa shape index (κ1) is 14.4. The average molecular weight is 275 g/mol. The van der Waals surface area contributed by atoms with Crippen molar-refractivity contribution >= 4 is 11.7 Å². The van der Waals surface area contributed by atoms with Gasteiger partial charge in [0.15, 0.2) is 0 Å². The summed E-state index contributed by atoms with van der Waals surface area (Å²) < 4.78 is 5.36. The summed E-state index contributed by atoms with van der Waals surface area (Å²) in [5, 5.41) is 9.29. The lowest BCUT2D eigenvalue weighted by molar-refractivity contribution is 0.0270. The van der Waals surface area contributed by atoms with Crippen molar-refractivity contribution in [3.63, 3.8) is 0 Å². The molecule has 0 aliphatic carbocycles. The van der Waals surface area contributed by atoms with Gasteiger partial charge in [0.05, 0.1) is 0 Å². The molecular formula is C16H21NO3. The fraction of sp³-hybridized carbons (Fsp3) is 0.438. The van der Waals surface area contributed by atoms with Gasteiger partial charge in [-0.2, -0.15) is 0 Å². The zero-order valence-corrected chi connectivity index (χ0v) is 12.2. The molecule has 1 N–H and O–H groups in total. The number of amides is 1. The molecule has 1 amide bonds. The summed E-state index contributed by atoms with van der Waals surface area (Å²) >= 11 is 0. The van der Waals surface area contributed by atoms with Crippen molar-refractivity contribution in [1.82, 2.24) is 4.90 Å². The maximum absolute atomic E-state index is 11.9. The minimum atomic E-state index is -0.460. The van der Waals surface area contributed by atoms with E-state index in [-0.39, 0.29) is 11.8 Å². The van der Waals surface area contributed by atoms with Gasteiger partial charge in [-0.25, -0.2) is 4.79 Å². The highest BCUT2D eigenvalue weighted by atomic mass is 16.6. The smallest absolute Gasteiger partial charge is 0.410 e. The standard InChI is InChI=1S/C16H21NO3/c1-16(2,3)20-15(19)17-10-8-13(9-11-17)12-4-6-14(18)7-5-12/h4-8,18H,9-11H2,1-3H3. The molecule has 1 aliphatic rings. The third-order valence-electron chi connectivity index (χ3n) is 3.10. The van der Waals surface area contributed by atoms with Gasteiger partial charge in [-0.15, -0.1) is 0 Å². The van der Waals surface area contributed by atoms with Crippen molar-refractivity contribution in [2.75, 3.05) is 13.1 Å². The molecule has 2 rings (SSSR count). The van der Waals surface area contributed by atoms with Gasteiger partial charge in [-0.3, -0.25) is 0 Å². The number of phenols is 1. The van der Waals surface area contributed by atoms with Gasteiger partial charge in [-0.1, -0.05) is 18.2 Å². The van der Waals surface area contributed by atoms with Crippen molar-refractivity contribution in [3.05, 3.63) is 35.9 Å². The van der Waals surface area contributed by atoms with E-state index in [1.807, 2.05) is 39.0 Å². The van der Waals surface area contributed by atoms with Gasteiger partial charge < -0.3 is 14.7 Å². The molecule has 0 unspecified atom stereocenters. The van der Waals surface area contributed by atoms with Crippen LogP contribution in [0.5, 0.6) is 5.75 Å². The maximum Gasteiger partial charge on any atom is 0.410 e. The SMILES string of the molecule is CC(C)(C)OC(=O)N1CC=C(c2ccc(O)cc2)CC1. The van der Waals surface area contributed by atoms with Gasteiger partial charge in [-0.05, 0) is 50.5 Å². The number of carbonyl (C=O) groups excluding carboxylic acids is 1. The molecule has 0 bridgehead atoms. The summed E-state index contributed by atoms with van der Waals surface area (Å²) in [6, 6.07) is 7.14. The van der Waals surface area contributed by atoms with Crippen molar-refractivity contribution in [2.24, 2.45) is 0 Å². The second kappa shape index (κ2) is 5.57. The van der Waals surface area contributed by atoms with E-state index in [0.29, 0.717) is 13.1 Å². The summed E-state index contributed by atoms with van der Waals surface area (Å²) in [5.74, 6) is 0.264. The van der Waals surface area contributed by atoms with Gasteiger partial charge >= 0.3 is 6.09 Å². The normalized spacial score (nSPS) is 15.8. The Labute approximate surface area is 119 Å². The lowest BCUT2D eigenvalue weighted by atomic mass is 9.99.